The van der Waals surface area contributed by atoms with Gasteiger partial charge in [0.05, 0.1) is 12.5 Å². The first-order chi connectivity index (χ1) is 8.76. The Hall–Kier alpha value is -1.41. The largest absolute Gasteiger partial charge is 0.312 e. The molecule has 0 bridgehead atoms. The molecular weight excluding hydrogens is 292 g/mol. The highest BCUT2D eigenvalue weighted by Gasteiger charge is 2.11. The Labute approximate surface area is 115 Å². The highest BCUT2D eigenvalue weighted by atomic mass is 79.9. The van der Waals surface area contributed by atoms with Crippen LogP contribution in [-0.4, -0.2) is 14.5 Å². The van der Waals surface area contributed by atoms with E-state index in [0.29, 0.717) is 13.0 Å². The smallest absolute Gasteiger partial charge is 0.160 e. The average Bonchev–Trinajstić information content (AvgIpc) is 2.70. The fourth-order valence-corrected chi connectivity index (χ4v) is 2.27. The molecule has 0 aliphatic rings. The third-order valence-corrected chi connectivity index (χ3v) is 3.27. The number of aromatic nitrogens is 3. The number of rotatable bonds is 5. The molecule has 4 nitrogen and oxygen atoms in total. The standard InChI is InChI=1S/C13H15BrN4/c1-2-3-5-12-17-11-8-10(14)9-16-13(11)18(12)7-4-6-15/h8-9H,2-5,7H2,1H3. The van der Waals surface area contributed by atoms with Crippen molar-refractivity contribution >= 4 is 27.1 Å². The minimum absolute atomic E-state index is 0.488. The molecular formula is C13H15BrN4. The monoisotopic (exact) mass is 306 g/mol. The summed E-state index contributed by atoms with van der Waals surface area (Å²) in [4.78, 5) is 9.03. The molecule has 5 heteroatoms. The summed E-state index contributed by atoms with van der Waals surface area (Å²) in [6, 6.07) is 4.15. The zero-order valence-corrected chi connectivity index (χ0v) is 11.9. The van der Waals surface area contributed by atoms with Crippen molar-refractivity contribution in [2.45, 2.75) is 39.2 Å². The maximum Gasteiger partial charge on any atom is 0.160 e. The fraction of sp³-hybridized carbons (Fsp3) is 0.462. The van der Waals surface area contributed by atoms with Crippen molar-refractivity contribution < 1.29 is 0 Å². The minimum atomic E-state index is 0.488. The number of hydrogen-bond acceptors (Lipinski definition) is 3. The Balaban J connectivity index is 2.43. The van der Waals surface area contributed by atoms with Gasteiger partial charge in [-0.05, 0) is 28.4 Å². The van der Waals surface area contributed by atoms with Gasteiger partial charge in [0, 0.05) is 23.6 Å². The first kappa shape index (κ1) is 13.0. The summed E-state index contributed by atoms with van der Waals surface area (Å²) in [5, 5.41) is 8.74. The van der Waals surface area contributed by atoms with Crippen molar-refractivity contribution in [1.29, 1.82) is 5.26 Å². The number of unbranched alkanes of at least 4 members (excludes halogenated alkanes) is 1. The van der Waals surface area contributed by atoms with Crippen LogP contribution in [0.2, 0.25) is 0 Å². The van der Waals surface area contributed by atoms with E-state index in [4.69, 9.17) is 5.26 Å². The van der Waals surface area contributed by atoms with Gasteiger partial charge in [-0.15, -0.1) is 0 Å². The van der Waals surface area contributed by atoms with Gasteiger partial charge < -0.3 is 4.57 Å². The maximum absolute atomic E-state index is 8.74. The zero-order valence-electron chi connectivity index (χ0n) is 10.4. The van der Waals surface area contributed by atoms with E-state index in [1.165, 1.54) is 0 Å². The van der Waals surface area contributed by atoms with E-state index in [1.807, 2.05) is 6.07 Å². The van der Waals surface area contributed by atoms with Gasteiger partial charge in [-0.3, -0.25) is 0 Å². The quantitative estimate of drug-likeness (QED) is 0.850. The third-order valence-electron chi connectivity index (χ3n) is 2.83. The molecule has 2 aromatic heterocycles. The second-order valence-electron chi connectivity index (χ2n) is 4.19. The van der Waals surface area contributed by atoms with Gasteiger partial charge in [0.25, 0.3) is 0 Å². The Morgan fingerprint density at radius 3 is 3.06 bits per heavy atom. The van der Waals surface area contributed by atoms with Crippen LogP contribution in [0.4, 0.5) is 0 Å². The highest BCUT2D eigenvalue weighted by Crippen LogP contribution is 2.19. The van der Waals surface area contributed by atoms with Crippen molar-refractivity contribution in [3.05, 3.63) is 22.6 Å². The molecule has 0 radical (unpaired) electrons. The SMILES string of the molecule is CCCCc1nc2cc(Br)cnc2n1CCC#N. The minimum Gasteiger partial charge on any atom is -0.312 e. The van der Waals surface area contributed by atoms with Crippen LogP contribution >= 0.6 is 15.9 Å². The molecule has 2 heterocycles. The van der Waals surface area contributed by atoms with Crippen LogP contribution in [0.15, 0.2) is 16.7 Å². The van der Waals surface area contributed by atoms with Gasteiger partial charge >= 0.3 is 0 Å². The lowest BCUT2D eigenvalue weighted by atomic mass is 10.2. The predicted octanol–water partition coefficient (Wildman–Crippen LogP) is 3.45. The summed E-state index contributed by atoms with van der Waals surface area (Å²) in [5.41, 5.74) is 1.77. The van der Waals surface area contributed by atoms with Crippen LogP contribution < -0.4 is 0 Å². The molecule has 0 N–H and O–H groups in total. The molecule has 0 spiro atoms. The molecule has 0 aliphatic carbocycles. The van der Waals surface area contributed by atoms with Crippen molar-refractivity contribution in [3.63, 3.8) is 0 Å². The molecule has 2 rings (SSSR count). The predicted molar refractivity (Wildman–Crippen MR) is 74.1 cm³/mol. The lowest BCUT2D eigenvalue weighted by Crippen LogP contribution is -2.04. The van der Waals surface area contributed by atoms with Crippen molar-refractivity contribution in [2.75, 3.05) is 0 Å². The number of halogens is 1. The first-order valence-electron chi connectivity index (χ1n) is 6.14. The van der Waals surface area contributed by atoms with E-state index in [2.05, 4.69) is 43.5 Å². The van der Waals surface area contributed by atoms with E-state index < -0.39 is 0 Å². The summed E-state index contributed by atoms with van der Waals surface area (Å²) >= 11 is 3.41. The third kappa shape index (κ3) is 2.70. The molecule has 0 saturated carbocycles. The van der Waals surface area contributed by atoms with Crippen LogP contribution in [0.1, 0.15) is 32.0 Å². The van der Waals surface area contributed by atoms with E-state index in [9.17, 15) is 0 Å². The van der Waals surface area contributed by atoms with E-state index in [-0.39, 0.29) is 0 Å². The molecule has 0 aromatic carbocycles. The molecule has 0 unspecified atom stereocenters. The number of nitriles is 1. The fourth-order valence-electron chi connectivity index (χ4n) is 1.96. The van der Waals surface area contributed by atoms with E-state index >= 15 is 0 Å². The molecule has 94 valence electrons. The Morgan fingerprint density at radius 1 is 1.50 bits per heavy atom. The van der Waals surface area contributed by atoms with Crippen molar-refractivity contribution in [1.82, 2.24) is 14.5 Å². The van der Waals surface area contributed by atoms with Gasteiger partial charge in [0.1, 0.15) is 11.3 Å². The number of nitrogens with zero attached hydrogens (tertiary/aromatic N) is 4. The Morgan fingerprint density at radius 2 is 2.33 bits per heavy atom. The Kier molecular flexibility index (Phi) is 4.32. The average molecular weight is 307 g/mol. The molecule has 0 fully saturated rings. The van der Waals surface area contributed by atoms with Crippen LogP contribution in [-0.2, 0) is 13.0 Å². The zero-order chi connectivity index (χ0) is 13.0. The van der Waals surface area contributed by atoms with Gasteiger partial charge in [-0.1, -0.05) is 13.3 Å². The summed E-state index contributed by atoms with van der Waals surface area (Å²) < 4.78 is 3.00. The maximum atomic E-state index is 8.74. The lowest BCUT2D eigenvalue weighted by Gasteiger charge is -2.05. The highest BCUT2D eigenvalue weighted by molar-refractivity contribution is 9.10. The van der Waals surface area contributed by atoms with Crippen LogP contribution in [0.25, 0.3) is 11.2 Å². The molecule has 0 amide bonds. The van der Waals surface area contributed by atoms with Crippen molar-refractivity contribution in [2.24, 2.45) is 0 Å². The lowest BCUT2D eigenvalue weighted by molar-refractivity contribution is 0.650. The van der Waals surface area contributed by atoms with Gasteiger partial charge in [-0.2, -0.15) is 5.26 Å². The van der Waals surface area contributed by atoms with Crippen LogP contribution in [0.3, 0.4) is 0 Å². The second-order valence-corrected chi connectivity index (χ2v) is 5.10. The van der Waals surface area contributed by atoms with Crippen LogP contribution in [0, 0.1) is 11.3 Å². The van der Waals surface area contributed by atoms with Gasteiger partial charge in [-0.25, -0.2) is 9.97 Å². The normalized spacial score (nSPS) is 10.7. The van der Waals surface area contributed by atoms with Crippen LogP contribution in [0.5, 0.6) is 0 Å². The number of imidazole rings is 1. The Bertz CT molecular complexity index is 582. The van der Waals surface area contributed by atoms with Gasteiger partial charge in [0.2, 0.25) is 0 Å². The number of aryl methyl sites for hydroxylation is 2. The number of fused-ring (bicyclic) bond motifs is 1. The van der Waals surface area contributed by atoms with E-state index in [0.717, 1.165) is 40.7 Å². The molecule has 0 atom stereocenters. The topological polar surface area (TPSA) is 54.5 Å². The molecule has 0 aliphatic heterocycles. The van der Waals surface area contributed by atoms with E-state index in [1.54, 1.807) is 6.20 Å². The summed E-state index contributed by atoms with van der Waals surface area (Å²) in [5.74, 6) is 1.03. The first-order valence-corrected chi connectivity index (χ1v) is 6.93. The number of pyridine rings is 1. The summed E-state index contributed by atoms with van der Waals surface area (Å²) in [7, 11) is 0. The molecule has 0 saturated heterocycles. The summed E-state index contributed by atoms with van der Waals surface area (Å²) in [6.07, 6.45) is 5.45. The van der Waals surface area contributed by atoms with Crippen molar-refractivity contribution in [3.8, 4) is 6.07 Å². The summed E-state index contributed by atoms with van der Waals surface area (Å²) in [6.45, 7) is 2.83. The molecule has 2 aromatic rings. The van der Waals surface area contributed by atoms with Gasteiger partial charge in [0.15, 0.2) is 5.65 Å². The molecule has 18 heavy (non-hydrogen) atoms. The second kappa shape index (κ2) is 5.96. The number of hydrogen-bond donors (Lipinski definition) is 0.